The van der Waals surface area contributed by atoms with Crippen molar-refractivity contribution in [1.29, 1.82) is 0 Å². The summed E-state index contributed by atoms with van der Waals surface area (Å²) < 4.78 is 38.0. The first kappa shape index (κ1) is 13.4. The molecule has 0 aromatic heterocycles. The molecule has 18 heavy (non-hydrogen) atoms. The Morgan fingerprint density at radius 1 is 1.22 bits per heavy atom. The molecule has 5 heteroatoms. The Kier molecular flexibility index (Phi) is 3.97. The molecule has 1 aliphatic carbocycles. The minimum atomic E-state index is -4.18. The monoisotopic (exact) mass is 261 g/mol. The number of likely N-dealkylation sites (tertiary alicyclic amines) is 1. The molecule has 1 aliphatic heterocycles. The number of amides is 1. The zero-order valence-corrected chi connectivity index (χ0v) is 10.2. The molecule has 2 aliphatic rings. The van der Waals surface area contributed by atoms with E-state index in [-0.39, 0.29) is 24.8 Å². The van der Waals surface area contributed by atoms with Crippen LogP contribution < -0.4 is 0 Å². The second-order valence-electron chi connectivity index (χ2n) is 5.15. The zero-order chi connectivity index (χ0) is 13.2. The normalized spacial score (nSPS) is 29.4. The molecule has 1 fully saturated rings. The summed E-state index contributed by atoms with van der Waals surface area (Å²) in [5.74, 6) is -1.54. The predicted octanol–water partition coefficient (Wildman–Crippen LogP) is 3.14. The first-order chi connectivity index (χ1) is 8.48. The van der Waals surface area contributed by atoms with Crippen LogP contribution in [-0.2, 0) is 4.79 Å². The minimum absolute atomic E-state index is 0.0895. The fourth-order valence-electron chi connectivity index (χ4n) is 2.72. The highest BCUT2D eigenvalue weighted by atomic mass is 19.4. The maximum Gasteiger partial charge on any atom is 0.393 e. The molecule has 2 atom stereocenters. The Morgan fingerprint density at radius 2 is 2.00 bits per heavy atom. The van der Waals surface area contributed by atoms with Crippen LogP contribution in [0.5, 0.6) is 0 Å². The van der Waals surface area contributed by atoms with Gasteiger partial charge in [-0.1, -0.05) is 12.2 Å². The average Bonchev–Trinajstić information content (AvgIpc) is 2.38. The molecular formula is C13H18F3NO. The average molecular weight is 261 g/mol. The number of alkyl halides is 3. The summed E-state index contributed by atoms with van der Waals surface area (Å²) >= 11 is 0. The van der Waals surface area contributed by atoms with Gasteiger partial charge in [-0.15, -0.1) is 0 Å². The Hall–Kier alpha value is -1.00. The van der Waals surface area contributed by atoms with Crippen molar-refractivity contribution in [2.24, 2.45) is 11.8 Å². The highest BCUT2D eigenvalue weighted by Crippen LogP contribution is 2.34. The van der Waals surface area contributed by atoms with E-state index >= 15 is 0 Å². The molecule has 0 bridgehead atoms. The van der Waals surface area contributed by atoms with Gasteiger partial charge in [-0.25, -0.2) is 0 Å². The lowest BCUT2D eigenvalue weighted by molar-refractivity contribution is -0.188. The largest absolute Gasteiger partial charge is 0.393 e. The van der Waals surface area contributed by atoms with Gasteiger partial charge >= 0.3 is 6.18 Å². The van der Waals surface area contributed by atoms with E-state index in [0.717, 1.165) is 12.8 Å². The second-order valence-corrected chi connectivity index (χ2v) is 5.15. The van der Waals surface area contributed by atoms with Crippen LogP contribution in [0.4, 0.5) is 13.2 Å². The summed E-state index contributed by atoms with van der Waals surface area (Å²) in [5, 5.41) is 0. The van der Waals surface area contributed by atoms with Crippen LogP contribution >= 0.6 is 0 Å². The molecule has 0 N–H and O–H groups in total. The lowest BCUT2D eigenvalue weighted by Crippen LogP contribution is -2.46. The van der Waals surface area contributed by atoms with Gasteiger partial charge in [0.25, 0.3) is 0 Å². The topological polar surface area (TPSA) is 20.3 Å². The van der Waals surface area contributed by atoms with Gasteiger partial charge in [-0.2, -0.15) is 13.2 Å². The van der Waals surface area contributed by atoms with Gasteiger partial charge in [0.05, 0.1) is 5.92 Å². The number of piperidine rings is 1. The van der Waals surface area contributed by atoms with E-state index in [9.17, 15) is 18.0 Å². The van der Waals surface area contributed by atoms with Crippen LogP contribution in [0.25, 0.3) is 0 Å². The smallest absolute Gasteiger partial charge is 0.342 e. The zero-order valence-electron chi connectivity index (χ0n) is 10.2. The molecule has 0 radical (unpaired) electrons. The maximum atomic E-state index is 12.7. The molecule has 2 rings (SSSR count). The first-order valence-electron chi connectivity index (χ1n) is 6.49. The van der Waals surface area contributed by atoms with Crippen molar-refractivity contribution in [2.75, 3.05) is 13.1 Å². The third-order valence-corrected chi connectivity index (χ3v) is 3.81. The highest BCUT2D eigenvalue weighted by Gasteiger charge is 2.43. The molecule has 0 saturated carbocycles. The van der Waals surface area contributed by atoms with Gasteiger partial charge < -0.3 is 4.90 Å². The van der Waals surface area contributed by atoms with Crippen molar-refractivity contribution >= 4 is 5.91 Å². The lowest BCUT2D eigenvalue weighted by atomic mass is 9.91. The van der Waals surface area contributed by atoms with Crippen LogP contribution in [0, 0.1) is 11.8 Å². The fraction of sp³-hybridized carbons (Fsp3) is 0.769. The van der Waals surface area contributed by atoms with Crippen molar-refractivity contribution in [3.8, 4) is 0 Å². The molecule has 1 amide bonds. The van der Waals surface area contributed by atoms with Crippen molar-refractivity contribution in [3.63, 3.8) is 0 Å². The van der Waals surface area contributed by atoms with E-state index in [1.165, 1.54) is 4.90 Å². The van der Waals surface area contributed by atoms with E-state index in [1.807, 2.05) is 12.2 Å². The molecular weight excluding hydrogens is 243 g/mol. The molecule has 2 nitrogen and oxygen atoms in total. The van der Waals surface area contributed by atoms with Gasteiger partial charge in [-0.05, 0) is 32.1 Å². The molecule has 1 saturated heterocycles. The van der Waals surface area contributed by atoms with E-state index in [2.05, 4.69) is 0 Å². The molecule has 0 aromatic carbocycles. The van der Waals surface area contributed by atoms with Gasteiger partial charge in [0, 0.05) is 19.0 Å². The molecule has 102 valence electrons. The SMILES string of the molecule is O=C([C@H]1CC=CCC1)N1CCC[C@H](C(F)(F)F)C1. The van der Waals surface area contributed by atoms with E-state index < -0.39 is 12.1 Å². The Morgan fingerprint density at radius 3 is 2.61 bits per heavy atom. The number of carbonyl (C=O) groups is 1. The Balaban J connectivity index is 1.96. The van der Waals surface area contributed by atoms with Crippen LogP contribution in [0.15, 0.2) is 12.2 Å². The lowest BCUT2D eigenvalue weighted by Gasteiger charge is -2.36. The maximum absolute atomic E-state index is 12.7. The van der Waals surface area contributed by atoms with E-state index in [4.69, 9.17) is 0 Å². The fourth-order valence-corrected chi connectivity index (χ4v) is 2.72. The predicted molar refractivity (Wildman–Crippen MR) is 61.8 cm³/mol. The van der Waals surface area contributed by atoms with Crippen molar-refractivity contribution < 1.29 is 18.0 Å². The van der Waals surface area contributed by atoms with Gasteiger partial charge in [0.2, 0.25) is 5.91 Å². The Bertz CT molecular complexity index is 338. The number of allylic oxidation sites excluding steroid dienone is 2. The Labute approximate surface area is 105 Å². The molecule has 1 heterocycles. The number of carbonyl (C=O) groups excluding carboxylic acids is 1. The molecule has 0 spiro atoms. The van der Waals surface area contributed by atoms with Crippen LogP contribution in [0.2, 0.25) is 0 Å². The highest BCUT2D eigenvalue weighted by molar-refractivity contribution is 5.79. The molecule has 0 aromatic rings. The summed E-state index contributed by atoms with van der Waals surface area (Å²) in [6.07, 6.45) is 2.71. The summed E-state index contributed by atoms with van der Waals surface area (Å²) in [6.45, 7) is 0.328. The second kappa shape index (κ2) is 5.33. The van der Waals surface area contributed by atoms with Crippen LogP contribution in [0.3, 0.4) is 0 Å². The third kappa shape index (κ3) is 3.06. The number of nitrogens with zero attached hydrogens (tertiary/aromatic N) is 1. The first-order valence-corrected chi connectivity index (χ1v) is 6.49. The third-order valence-electron chi connectivity index (χ3n) is 3.81. The van der Waals surface area contributed by atoms with Gasteiger partial charge in [0.1, 0.15) is 0 Å². The summed E-state index contributed by atoms with van der Waals surface area (Å²) in [6, 6.07) is 0. The van der Waals surface area contributed by atoms with Gasteiger partial charge in [0.15, 0.2) is 0 Å². The van der Waals surface area contributed by atoms with E-state index in [0.29, 0.717) is 19.4 Å². The molecule has 0 unspecified atom stereocenters. The van der Waals surface area contributed by atoms with Crippen molar-refractivity contribution in [2.45, 2.75) is 38.3 Å². The van der Waals surface area contributed by atoms with Gasteiger partial charge in [-0.3, -0.25) is 4.79 Å². The number of hydrogen-bond acceptors (Lipinski definition) is 1. The summed E-state index contributed by atoms with van der Waals surface area (Å²) in [4.78, 5) is 13.6. The quantitative estimate of drug-likeness (QED) is 0.664. The number of hydrogen-bond donors (Lipinski definition) is 0. The van der Waals surface area contributed by atoms with E-state index in [1.54, 1.807) is 0 Å². The minimum Gasteiger partial charge on any atom is -0.342 e. The summed E-state index contributed by atoms with van der Waals surface area (Å²) in [5.41, 5.74) is 0. The summed E-state index contributed by atoms with van der Waals surface area (Å²) in [7, 11) is 0. The van der Waals surface area contributed by atoms with Crippen LogP contribution in [0.1, 0.15) is 32.1 Å². The standard InChI is InChI=1S/C13H18F3NO/c14-13(15,16)11-7-4-8-17(9-11)12(18)10-5-2-1-3-6-10/h1-2,10-11H,3-9H2/t10-,11-/m0/s1. The number of halogens is 3. The van der Waals surface area contributed by atoms with Crippen molar-refractivity contribution in [1.82, 2.24) is 4.90 Å². The number of rotatable bonds is 1. The van der Waals surface area contributed by atoms with Crippen LogP contribution in [-0.4, -0.2) is 30.1 Å². The van der Waals surface area contributed by atoms with Crippen molar-refractivity contribution in [3.05, 3.63) is 12.2 Å².